The van der Waals surface area contributed by atoms with Gasteiger partial charge in [-0.1, -0.05) is 12.1 Å². The van der Waals surface area contributed by atoms with Crippen LogP contribution in [0.3, 0.4) is 0 Å². The molecule has 7 nitrogen and oxygen atoms in total. The summed E-state index contributed by atoms with van der Waals surface area (Å²) in [5.74, 6) is -2.22. The van der Waals surface area contributed by atoms with Crippen molar-refractivity contribution in [2.75, 3.05) is 6.54 Å². The Morgan fingerprint density at radius 1 is 1.50 bits per heavy atom. The Balaban J connectivity index is 3.31. The van der Waals surface area contributed by atoms with Crippen LogP contribution < -0.4 is 5.32 Å². The van der Waals surface area contributed by atoms with Crippen LogP contribution >= 0.6 is 0 Å². The number of rotatable bonds is 5. The zero-order valence-corrected chi connectivity index (χ0v) is 9.25. The Hall–Kier alpha value is -2.70. The summed E-state index contributed by atoms with van der Waals surface area (Å²) in [7, 11) is 0. The van der Waals surface area contributed by atoms with Crippen LogP contribution in [0.4, 0.5) is 5.69 Å². The molecular weight excluding hydrogens is 240 g/mol. The highest BCUT2D eigenvalue weighted by Gasteiger charge is 2.26. The molecule has 0 saturated carbocycles. The van der Waals surface area contributed by atoms with Gasteiger partial charge in [-0.2, -0.15) is 0 Å². The van der Waals surface area contributed by atoms with Crippen molar-refractivity contribution in [3.63, 3.8) is 0 Å². The molecule has 0 saturated heterocycles. The van der Waals surface area contributed by atoms with Crippen LogP contribution in [0, 0.1) is 10.1 Å². The maximum atomic E-state index is 11.7. The zero-order chi connectivity index (χ0) is 13.7. The van der Waals surface area contributed by atoms with Crippen molar-refractivity contribution >= 4 is 17.6 Å². The lowest BCUT2D eigenvalue weighted by molar-refractivity contribution is -0.385. The molecule has 18 heavy (non-hydrogen) atoms. The van der Waals surface area contributed by atoms with Gasteiger partial charge in [-0.15, -0.1) is 6.58 Å². The molecule has 0 aliphatic rings. The van der Waals surface area contributed by atoms with Crippen molar-refractivity contribution in [2.24, 2.45) is 0 Å². The second kappa shape index (κ2) is 5.58. The third kappa shape index (κ3) is 2.70. The second-order valence-electron chi connectivity index (χ2n) is 3.26. The molecule has 0 aliphatic heterocycles. The number of aromatic carboxylic acids is 1. The molecule has 0 heterocycles. The molecule has 2 N–H and O–H groups in total. The maximum Gasteiger partial charge on any atom is 0.343 e. The lowest BCUT2D eigenvalue weighted by atomic mass is 10.0. The average Bonchev–Trinajstić information content (AvgIpc) is 2.34. The van der Waals surface area contributed by atoms with Gasteiger partial charge in [0.15, 0.2) is 0 Å². The smallest absolute Gasteiger partial charge is 0.343 e. The highest BCUT2D eigenvalue weighted by atomic mass is 16.6. The quantitative estimate of drug-likeness (QED) is 0.463. The highest BCUT2D eigenvalue weighted by Crippen LogP contribution is 2.22. The Morgan fingerprint density at radius 2 is 2.17 bits per heavy atom. The Labute approximate surface area is 102 Å². The van der Waals surface area contributed by atoms with Gasteiger partial charge in [0.1, 0.15) is 5.56 Å². The fraction of sp³-hybridized carbons (Fsp3) is 0.0909. The van der Waals surface area contributed by atoms with Gasteiger partial charge >= 0.3 is 5.97 Å². The van der Waals surface area contributed by atoms with Crippen molar-refractivity contribution in [2.45, 2.75) is 0 Å². The Morgan fingerprint density at radius 3 is 2.67 bits per heavy atom. The number of hydrogen-bond donors (Lipinski definition) is 2. The predicted octanol–water partition coefficient (Wildman–Crippen LogP) is 1.21. The molecule has 0 unspecified atom stereocenters. The minimum atomic E-state index is -1.52. The molecule has 1 amide bonds. The van der Waals surface area contributed by atoms with Crippen LogP contribution in [-0.4, -0.2) is 28.5 Å². The van der Waals surface area contributed by atoms with Crippen LogP contribution in [-0.2, 0) is 0 Å². The molecule has 0 radical (unpaired) electrons. The van der Waals surface area contributed by atoms with E-state index in [2.05, 4.69) is 11.9 Å². The van der Waals surface area contributed by atoms with Crippen LogP contribution in [0.5, 0.6) is 0 Å². The molecule has 1 aromatic rings. The van der Waals surface area contributed by atoms with Crippen molar-refractivity contribution < 1.29 is 19.6 Å². The standard InChI is InChI=1S/C11H10N2O5/c1-2-6-12-10(14)7-4-3-5-8(13(17)18)9(7)11(15)16/h2-5H,1,6H2,(H,12,14)(H,15,16). The first kappa shape index (κ1) is 13.4. The van der Waals surface area contributed by atoms with Crippen molar-refractivity contribution in [3.05, 3.63) is 52.1 Å². The fourth-order valence-electron chi connectivity index (χ4n) is 1.37. The number of carbonyl (C=O) groups is 2. The van der Waals surface area contributed by atoms with Gasteiger partial charge in [-0.05, 0) is 6.07 Å². The number of carboxylic acid groups (broad SMARTS) is 1. The van der Waals surface area contributed by atoms with E-state index in [1.807, 2.05) is 0 Å². The first-order valence-corrected chi connectivity index (χ1v) is 4.88. The van der Waals surface area contributed by atoms with E-state index < -0.39 is 28.1 Å². The number of carbonyl (C=O) groups excluding carboxylic acids is 1. The minimum Gasteiger partial charge on any atom is -0.477 e. The van der Waals surface area contributed by atoms with E-state index in [0.29, 0.717) is 0 Å². The lowest BCUT2D eigenvalue weighted by Crippen LogP contribution is -2.25. The molecule has 0 aromatic heterocycles. The number of nitro benzene ring substituents is 1. The van der Waals surface area contributed by atoms with Crippen LogP contribution in [0.25, 0.3) is 0 Å². The van der Waals surface area contributed by atoms with E-state index in [1.165, 1.54) is 18.2 Å². The maximum absolute atomic E-state index is 11.7. The summed E-state index contributed by atoms with van der Waals surface area (Å²) in [6, 6.07) is 3.51. The number of nitrogens with one attached hydrogen (secondary N) is 1. The van der Waals surface area contributed by atoms with E-state index in [4.69, 9.17) is 5.11 Å². The monoisotopic (exact) mass is 250 g/mol. The predicted molar refractivity (Wildman–Crippen MR) is 62.6 cm³/mol. The lowest BCUT2D eigenvalue weighted by Gasteiger charge is -2.06. The summed E-state index contributed by atoms with van der Waals surface area (Å²) in [4.78, 5) is 32.5. The first-order chi connectivity index (χ1) is 8.49. The van der Waals surface area contributed by atoms with Gasteiger partial charge in [0.05, 0.1) is 10.5 Å². The van der Waals surface area contributed by atoms with Crippen LogP contribution in [0.2, 0.25) is 0 Å². The summed E-state index contributed by atoms with van der Waals surface area (Å²) >= 11 is 0. The minimum absolute atomic E-state index is 0.139. The van der Waals surface area contributed by atoms with Crippen molar-refractivity contribution in [3.8, 4) is 0 Å². The number of amides is 1. The highest BCUT2D eigenvalue weighted by molar-refractivity contribution is 6.07. The van der Waals surface area contributed by atoms with E-state index in [1.54, 1.807) is 0 Å². The van der Waals surface area contributed by atoms with Gasteiger partial charge < -0.3 is 10.4 Å². The summed E-state index contributed by atoms with van der Waals surface area (Å²) in [6.45, 7) is 3.53. The molecule has 7 heteroatoms. The van der Waals surface area contributed by atoms with Crippen LogP contribution in [0.15, 0.2) is 30.9 Å². The van der Waals surface area contributed by atoms with Gasteiger partial charge in [0, 0.05) is 12.6 Å². The topological polar surface area (TPSA) is 110 Å². The molecule has 0 fully saturated rings. The average molecular weight is 250 g/mol. The Bertz CT molecular complexity index is 524. The van der Waals surface area contributed by atoms with E-state index >= 15 is 0 Å². The van der Waals surface area contributed by atoms with Gasteiger partial charge in [0.25, 0.3) is 11.6 Å². The molecule has 0 aliphatic carbocycles. The summed E-state index contributed by atoms with van der Waals surface area (Å²) in [6.07, 6.45) is 1.41. The third-order valence-electron chi connectivity index (χ3n) is 2.10. The number of carboxylic acids is 1. The SMILES string of the molecule is C=CCNC(=O)c1cccc([N+](=O)[O-])c1C(=O)O. The molecule has 1 aromatic carbocycles. The van der Waals surface area contributed by atoms with Crippen molar-refractivity contribution in [1.29, 1.82) is 0 Å². The van der Waals surface area contributed by atoms with Crippen molar-refractivity contribution in [1.82, 2.24) is 5.32 Å². The third-order valence-corrected chi connectivity index (χ3v) is 2.10. The van der Waals surface area contributed by atoms with Gasteiger partial charge in [-0.25, -0.2) is 4.79 Å². The van der Waals surface area contributed by atoms with E-state index in [9.17, 15) is 19.7 Å². The number of nitro groups is 1. The molecule has 1 rings (SSSR count). The fourth-order valence-corrected chi connectivity index (χ4v) is 1.37. The van der Waals surface area contributed by atoms with Crippen LogP contribution in [0.1, 0.15) is 20.7 Å². The number of hydrogen-bond acceptors (Lipinski definition) is 4. The normalized spacial score (nSPS) is 9.56. The van der Waals surface area contributed by atoms with E-state index in [-0.39, 0.29) is 12.1 Å². The van der Waals surface area contributed by atoms with E-state index in [0.717, 1.165) is 6.07 Å². The molecule has 0 spiro atoms. The first-order valence-electron chi connectivity index (χ1n) is 4.88. The second-order valence-corrected chi connectivity index (χ2v) is 3.26. The van der Waals surface area contributed by atoms with Gasteiger partial charge in [0.2, 0.25) is 0 Å². The number of nitrogens with zero attached hydrogens (tertiary/aromatic N) is 1. The molecule has 94 valence electrons. The largest absolute Gasteiger partial charge is 0.477 e. The summed E-state index contributed by atoms with van der Waals surface area (Å²) in [5, 5.41) is 22.0. The summed E-state index contributed by atoms with van der Waals surface area (Å²) < 4.78 is 0. The molecular formula is C11H10N2O5. The Kier molecular flexibility index (Phi) is 4.14. The summed E-state index contributed by atoms with van der Waals surface area (Å²) in [5.41, 5.74) is -1.49. The van der Waals surface area contributed by atoms with Gasteiger partial charge in [-0.3, -0.25) is 14.9 Å². The molecule has 0 bridgehead atoms. The number of benzene rings is 1. The zero-order valence-electron chi connectivity index (χ0n) is 9.25. The molecule has 0 atom stereocenters.